The Morgan fingerprint density at radius 1 is 1.04 bits per heavy atom. The van der Waals surface area contributed by atoms with Gasteiger partial charge in [0.15, 0.2) is 5.96 Å². The van der Waals surface area contributed by atoms with Crippen LogP contribution < -0.4 is 20.7 Å². The Morgan fingerprint density at radius 3 is 2.39 bits per heavy atom. The van der Waals surface area contributed by atoms with Crippen LogP contribution in [-0.2, 0) is 6.54 Å². The third kappa shape index (κ3) is 8.05. The lowest BCUT2D eigenvalue weighted by Crippen LogP contribution is -2.38. The summed E-state index contributed by atoms with van der Waals surface area (Å²) in [6, 6.07) is 15.2. The zero-order valence-electron chi connectivity index (χ0n) is 16.0. The summed E-state index contributed by atoms with van der Waals surface area (Å²) in [5.74, 6) is 1.48. The Balaban J connectivity index is 0.00000392. The molecular formula is C20H26BrIN4O2. The van der Waals surface area contributed by atoms with Gasteiger partial charge in [0.25, 0.3) is 5.91 Å². The molecule has 0 fully saturated rings. The summed E-state index contributed by atoms with van der Waals surface area (Å²) in [6.07, 6.45) is 0.789. The summed E-state index contributed by atoms with van der Waals surface area (Å²) in [7, 11) is 3.39. The Labute approximate surface area is 191 Å². The number of guanidine groups is 1. The van der Waals surface area contributed by atoms with Gasteiger partial charge in [0, 0.05) is 42.3 Å². The van der Waals surface area contributed by atoms with Gasteiger partial charge in [-0.15, -0.1) is 24.0 Å². The smallest absolute Gasteiger partial charge is 0.251 e. The maximum Gasteiger partial charge on any atom is 0.251 e. The lowest BCUT2D eigenvalue weighted by molar-refractivity contribution is 0.0953. The van der Waals surface area contributed by atoms with Crippen LogP contribution in [0.1, 0.15) is 22.3 Å². The minimum Gasteiger partial charge on any atom is -0.496 e. The molecular weight excluding hydrogens is 535 g/mol. The van der Waals surface area contributed by atoms with Crippen molar-refractivity contribution < 1.29 is 9.53 Å². The second-order valence-corrected chi connectivity index (χ2v) is 6.70. The Bertz CT molecular complexity index is 769. The second-order valence-electron chi connectivity index (χ2n) is 5.78. The molecule has 28 heavy (non-hydrogen) atoms. The highest BCUT2D eigenvalue weighted by atomic mass is 127. The van der Waals surface area contributed by atoms with Gasteiger partial charge in [-0.25, -0.2) is 0 Å². The molecule has 152 valence electrons. The maximum atomic E-state index is 12.0. The van der Waals surface area contributed by atoms with E-state index in [1.54, 1.807) is 26.3 Å². The predicted molar refractivity (Wildman–Crippen MR) is 128 cm³/mol. The molecule has 1 amide bonds. The van der Waals surface area contributed by atoms with Crippen molar-refractivity contribution in [3.63, 3.8) is 0 Å². The quantitative estimate of drug-likeness (QED) is 0.200. The molecule has 2 rings (SSSR count). The van der Waals surface area contributed by atoms with Crippen molar-refractivity contribution in [1.82, 2.24) is 16.0 Å². The lowest BCUT2D eigenvalue weighted by Gasteiger charge is -2.14. The van der Waals surface area contributed by atoms with E-state index in [0.29, 0.717) is 31.2 Å². The van der Waals surface area contributed by atoms with Gasteiger partial charge in [-0.1, -0.05) is 34.1 Å². The summed E-state index contributed by atoms with van der Waals surface area (Å²) in [6.45, 7) is 1.90. The largest absolute Gasteiger partial charge is 0.496 e. The van der Waals surface area contributed by atoms with Crippen molar-refractivity contribution in [3.05, 3.63) is 64.1 Å². The van der Waals surface area contributed by atoms with E-state index in [9.17, 15) is 4.79 Å². The van der Waals surface area contributed by atoms with Crippen LogP contribution in [0.25, 0.3) is 0 Å². The molecule has 0 spiro atoms. The standard InChI is InChI=1S/C20H25BrN4O2.HI/c1-22-20(25-14-16-6-3-4-7-18(16)27-2)24-13-5-12-23-19(26)15-8-10-17(21)11-9-15;/h3-4,6-11H,5,12-14H2,1-2H3,(H,23,26)(H2,22,24,25);1H. The molecule has 2 aromatic rings. The van der Waals surface area contributed by atoms with Crippen molar-refractivity contribution in [3.8, 4) is 5.75 Å². The van der Waals surface area contributed by atoms with Gasteiger partial charge in [-0.2, -0.15) is 0 Å². The average molecular weight is 561 g/mol. The minimum atomic E-state index is -0.0684. The molecule has 0 aliphatic heterocycles. The Morgan fingerprint density at radius 2 is 1.71 bits per heavy atom. The number of amides is 1. The van der Waals surface area contributed by atoms with Crippen LogP contribution in [0.15, 0.2) is 58.0 Å². The molecule has 0 aromatic heterocycles. The number of para-hydroxylation sites is 1. The van der Waals surface area contributed by atoms with Crippen molar-refractivity contribution in [2.75, 3.05) is 27.2 Å². The van der Waals surface area contributed by atoms with Gasteiger partial charge >= 0.3 is 0 Å². The molecule has 0 saturated heterocycles. The van der Waals surface area contributed by atoms with Crippen LogP contribution in [0, 0.1) is 0 Å². The molecule has 0 bridgehead atoms. The number of halogens is 2. The first kappa shape index (κ1) is 24.2. The molecule has 0 aliphatic carbocycles. The number of rotatable bonds is 8. The molecule has 8 heteroatoms. The first-order valence-corrected chi connectivity index (χ1v) is 9.53. The van der Waals surface area contributed by atoms with Crippen molar-refractivity contribution in [2.45, 2.75) is 13.0 Å². The van der Waals surface area contributed by atoms with E-state index in [4.69, 9.17) is 4.74 Å². The van der Waals surface area contributed by atoms with E-state index in [1.165, 1.54) is 0 Å². The van der Waals surface area contributed by atoms with Gasteiger partial charge in [0.2, 0.25) is 0 Å². The molecule has 0 heterocycles. The topological polar surface area (TPSA) is 74.8 Å². The zero-order chi connectivity index (χ0) is 19.5. The van der Waals surface area contributed by atoms with E-state index < -0.39 is 0 Å². The Hall–Kier alpha value is -1.81. The molecule has 3 N–H and O–H groups in total. The lowest BCUT2D eigenvalue weighted by atomic mass is 10.2. The van der Waals surface area contributed by atoms with Gasteiger partial charge < -0.3 is 20.7 Å². The van der Waals surface area contributed by atoms with Crippen molar-refractivity contribution in [2.24, 2.45) is 4.99 Å². The summed E-state index contributed by atoms with van der Waals surface area (Å²) < 4.78 is 6.30. The molecule has 2 aromatic carbocycles. The number of nitrogens with one attached hydrogen (secondary N) is 3. The van der Waals surface area contributed by atoms with Crippen LogP contribution >= 0.6 is 39.9 Å². The summed E-state index contributed by atoms with van der Waals surface area (Å²) in [5, 5.41) is 9.41. The van der Waals surface area contributed by atoms with E-state index >= 15 is 0 Å². The zero-order valence-corrected chi connectivity index (χ0v) is 19.9. The van der Waals surface area contributed by atoms with E-state index in [-0.39, 0.29) is 29.9 Å². The van der Waals surface area contributed by atoms with Crippen LogP contribution in [-0.4, -0.2) is 39.1 Å². The van der Waals surface area contributed by atoms with Gasteiger partial charge in [0.1, 0.15) is 5.75 Å². The van der Waals surface area contributed by atoms with E-state index in [0.717, 1.165) is 22.2 Å². The fraction of sp³-hybridized carbons (Fsp3) is 0.300. The highest BCUT2D eigenvalue weighted by molar-refractivity contribution is 14.0. The number of hydrogen-bond donors (Lipinski definition) is 3. The highest BCUT2D eigenvalue weighted by Gasteiger charge is 2.05. The summed E-state index contributed by atoms with van der Waals surface area (Å²) in [5.41, 5.74) is 1.71. The third-order valence-electron chi connectivity index (χ3n) is 3.90. The molecule has 0 atom stereocenters. The molecule has 0 radical (unpaired) electrons. The Kier molecular flexibility index (Phi) is 11.6. The summed E-state index contributed by atoms with van der Waals surface area (Å²) in [4.78, 5) is 16.2. The monoisotopic (exact) mass is 560 g/mol. The van der Waals surface area contributed by atoms with Crippen LogP contribution in [0.3, 0.4) is 0 Å². The van der Waals surface area contributed by atoms with Gasteiger partial charge in [-0.05, 0) is 36.8 Å². The minimum absolute atomic E-state index is 0. The van der Waals surface area contributed by atoms with Gasteiger partial charge in [0.05, 0.1) is 7.11 Å². The van der Waals surface area contributed by atoms with E-state index in [2.05, 4.69) is 36.9 Å². The maximum absolute atomic E-state index is 12.0. The molecule has 0 unspecified atom stereocenters. The number of carbonyl (C=O) groups is 1. The fourth-order valence-electron chi connectivity index (χ4n) is 2.45. The first-order chi connectivity index (χ1) is 13.1. The average Bonchev–Trinajstić information content (AvgIpc) is 2.70. The van der Waals surface area contributed by atoms with Crippen molar-refractivity contribution in [1.29, 1.82) is 0 Å². The number of methoxy groups -OCH3 is 1. The molecule has 6 nitrogen and oxygen atoms in total. The van der Waals surface area contributed by atoms with Crippen LogP contribution in [0.5, 0.6) is 5.75 Å². The normalized spacial score (nSPS) is 10.6. The molecule has 0 saturated carbocycles. The van der Waals surface area contributed by atoms with E-state index in [1.807, 2.05) is 36.4 Å². The van der Waals surface area contributed by atoms with Crippen LogP contribution in [0.4, 0.5) is 0 Å². The number of nitrogens with zero attached hydrogens (tertiary/aromatic N) is 1. The third-order valence-corrected chi connectivity index (χ3v) is 4.43. The van der Waals surface area contributed by atoms with Crippen LogP contribution in [0.2, 0.25) is 0 Å². The number of carbonyl (C=O) groups excluding carboxylic acids is 1. The van der Waals surface area contributed by atoms with Crippen molar-refractivity contribution >= 4 is 51.8 Å². The number of hydrogen-bond acceptors (Lipinski definition) is 3. The predicted octanol–water partition coefficient (Wildman–Crippen LogP) is 3.56. The SMILES string of the molecule is CN=C(NCCCNC(=O)c1ccc(Br)cc1)NCc1ccccc1OC.I. The highest BCUT2D eigenvalue weighted by Crippen LogP contribution is 2.16. The summed E-state index contributed by atoms with van der Waals surface area (Å²) >= 11 is 3.36. The number of ether oxygens (including phenoxy) is 1. The fourth-order valence-corrected chi connectivity index (χ4v) is 2.71. The second kappa shape index (κ2) is 13.4. The number of benzene rings is 2. The molecule has 0 aliphatic rings. The number of aliphatic imine (C=N–C) groups is 1. The van der Waals surface area contributed by atoms with Gasteiger partial charge in [-0.3, -0.25) is 9.79 Å². The first-order valence-electron chi connectivity index (χ1n) is 8.74.